The first-order valence-electron chi connectivity index (χ1n) is 4.78. The van der Waals surface area contributed by atoms with Crippen LogP contribution in [0.25, 0.3) is 0 Å². The molecule has 2 rings (SSSR count). The second kappa shape index (κ2) is 4.19. The van der Waals surface area contributed by atoms with Crippen LogP contribution in [0.15, 0.2) is 24.3 Å². The van der Waals surface area contributed by atoms with Crippen LogP contribution in [0, 0.1) is 0 Å². The van der Waals surface area contributed by atoms with Crippen LogP contribution in [0.4, 0.5) is 5.69 Å². The molecule has 1 aromatic rings. The van der Waals surface area contributed by atoms with E-state index in [2.05, 4.69) is 10.4 Å². The normalized spacial score (nSPS) is 15.7. The number of rotatable bonds is 2. The van der Waals surface area contributed by atoms with E-state index in [1.165, 1.54) is 0 Å². The quantitative estimate of drug-likeness (QED) is 0.734. The van der Waals surface area contributed by atoms with Crippen molar-refractivity contribution in [3.05, 3.63) is 29.8 Å². The summed E-state index contributed by atoms with van der Waals surface area (Å²) in [4.78, 5) is 30.7. The van der Waals surface area contributed by atoms with E-state index in [9.17, 15) is 9.59 Å². The summed E-state index contributed by atoms with van der Waals surface area (Å²) in [5.41, 5.74) is 3.87. The molecule has 0 spiro atoms. The largest absolute Gasteiger partial charge is 0.444 e. The first-order chi connectivity index (χ1) is 7.70. The zero-order valence-electron chi connectivity index (χ0n) is 8.60. The first kappa shape index (κ1) is 10.4. The fraction of sp³-hybridized carbons (Fsp3) is 0.200. The van der Waals surface area contributed by atoms with E-state index in [0.717, 1.165) is 17.2 Å². The number of hydrogen-bond acceptors (Lipinski definition) is 6. The van der Waals surface area contributed by atoms with Crippen molar-refractivity contribution in [1.82, 2.24) is 5.59 Å². The number of anilines is 1. The summed E-state index contributed by atoms with van der Waals surface area (Å²) in [5.74, 6) is -2.12. The Morgan fingerprint density at radius 1 is 1.31 bits per heavy atom. The molecule has 0 bridgehead atoms. The van der Waals surface area contributed by atoms with Gasteiger partial charge in [-0.15, -0.1) is 5.17 Å². The zero-order valence-corrected chi connectivity index (χ0v) is 8.60. The van der Waals surface area contributed by atoms with Crippen molar-refractivity contribution in [2.45, 2.75) is 13.3 Å². The molecule has 0 unspecified atom stereocenters. The van der Waals surface area contributed by atoms with E-state index in [1.807, 2.05) is 25.1 Å². The van der Waals surface area contributed by atoms with Crippen LogP contribution >= 0.6 is 0 Å². The van der Waals surface area contributed by atoms with Gasteiger partial charge in [0.2, 0.25) is 0 Å². The van der Waals surface area contributed by atoms with Gasteiger partial charge in [-0.1, -0.05) is 19.1 Å². The van der Waals surface area contributed by atoms with E-state index in [4.69, 9.17) is 4.84 Å². The predicted molar refractivity (Wildman–Crippen MR) is 53.6 cm³/mol. The molecule has 1 saturated heterocycles. The summed E-state index contributed by atoms with van der Waals surface area (Å²) in [6.07, 6.45) is 0.857. The molecule has 0 radical (unpaired) electrons. The third-order valence-corrected chi connectivity index (χ3v) is 2.12. The molecule has 6 nitrogen and oxygen atoms in total. The van der Waals surface area contributed by atoms with Gasteiger partial charge in [0.05, 0.1) is 5.69 Å². The molecule has 84 valence electrons. The van der Waals surface area contributed by atoms with Gasteiger partial charge in [-0.3, -0.25) is 0 Å². The van der Waals surface area contributed by atoms with E-state index < -0.39 is 11.9 Å². The number of carbonyl (C=O) groups excluding carboxylic acids is 2. The number of benzene rings is 1. The van der Waals surface area contributed by atoms with Gasteiger partial charge >= 0.3 is 11.9 Å². The van der Waals surface area contributed by atoms with Crippen LogP contribution in [-0.4, -0.2) is 11.9 Å². The zero-order chi connectivity index (χ0) is 11.5. The maximum absolute atomic E-state index is 11.0. The van der Waals surface area contributed by atoms with Gasteiger partial charge in [0.1, 0.15) is 0 Å². The fourth-order valence-electron chi connectivity index (χ4n) is 1.27. The Morgan fingerprint density at radius 3 is 2.81 bits per heavy atom. The standard InChI is InChI=1S/C10H10N2O4/c1-2-7-4-3-5-8(6-7)12-11-15-9(13)10(14)16-12/h3-6,11H,2H2,1H3. The number of aryl methyl sites for hydroxylation is 1. The average Bonchev–Trinajstić information content (AvgIpc) is 2.33. The van der Waals surface area contributed by atoms with Gasteiger partial charge < -0.3 is 9.68 Å². The number of carbonyl (C=O) groups is 2. The van der Waals surface area contributed by atoms with Crippen molar-refractivity contribution in [1.29, 1.82) is 0 Å². The number of nitrogens with one attached hydrogen (secondary N) is 1. The molecule has 0 saturated carbocycles. The van der Waals surface area contributed by atoms with Gasteiger partial charge in [-0.2, -0.15) is 0 Å². The molecule has 16 heavy (non-hydrogen) atoms. The van der Waals surface area contributed by atoms with Crippen LogP contribution in [0.3, 0.4) is 0 Å². The lowest BCUT2D eigenvalue weighted by Crippen LogP contribution is -2.49. The Hall–Kier alpha value is -2.08. The van der Waals surface area contributed by atoms with E-state index >= 15 is 0 Å². The molecule has 0 aliphatic carbocycles. The molecular weight excluding hydrogens is 212 g/mol. The second-order valence-corrected chi connectivity index (χ2v) is 3.18. The van der Waals surface area contributed by atoms with Crippen molar-refractivity contribution >= 4 is 17.6 Å². The topological polar surface area (TPSA) is 67.9 Å². The monoisotopic (exact) mass is 222 g/mol. The van der Waals surface area contributed by atoms with Crippen LogP contribution in [0.1, 0.15) is 12.5 Å². The predicted octanol–water partition coefficient (Wildman–Crippen LogP) is 0.490. The molecule has 1 heterocycles. The molecule has 0 atom stereocenters. The number of hydrazine groups is 1. The molecule has 1 aliphatic heterocycles. The highest BCUT2D eigenvalue weighted by atomic mass is 16.9. The van der Waals surface area contributed by atoms with Gasteiger partial charge in [0.15, 0.2) is 0 Å². The maximum atomic E-state index is 11.0. The number of nitrogens with zero attached hydrogens (tertiary/aromatic N) is 1. The van der Waals surface area contributed by atoms with E-state index in [-0.39, 0.29) is 0 Å². The lowest BCUT2D eigenvalue weighted by Gasteiger charge is -2.25. The SMILES string of the molecule is CCc1cccc(N2NOC(=O)C(=O)O2)c1. The third-order valence-electron chi connectivity index (χ3n) is 2.12. The van der Waals surface area contributed by atoms with E-state index in [1.54, 1.807) is 6.07 Å². The summed E-state index contributed by atoms with van der Waals surface area (Å²) in [5, 5.41) is 1.00. The second-order valence-electron chi connectivity index (χ2n) is 3.18. The van der Waals surface area contributed by atoms with Crippen LogP contribution < -0.4 is 10.8 Å². The Balaban J connectivity index is 2.18. The number of hydrogen-bond donors (Lipinski definition) is 1. The van der Waals surface area contributed by atoms with Gasteiger partial charge in [0, 0.05) is 0 Å². The third kappa shape index (κ3) is 1.96. The minimum Gasteiger partial charge on any atom is -0.338 e. The summed E-state index contributed by atoms with van der Waals surface area (Å²) >= 11 is 0. The highest BCUT2D eigenvalue weighted by molar-refractivity contribution is 6.30. The Kier molecular flexibility index (Phi) is 2.74. The smallest absolute Gasteiger partial charge is 0.338 e. The van der Waals surface area contributed by atoms with Gasteiger partial charge in [0.25, 0.3) is 0 Å². The molecule has 1 fully saturated rings. The lowest BCUT2D eigenvalue weighted by atomic mass is 10.1. The molecule has 1 aromatic carbocycles. The molecule has 6 heteroatoms. The van der Waals surface area contributed by atoms with Crippen molar-refractivity contribution in [3.8, 4) is 0 Å². The fourth-order valence-corrected chi connectivity index (χ4v) is 1.27. The Labute approximate surface area is 91.6 Å². The van der Waals surface area contributed by atoms with Crippen molar-refractivity contribution in [3.63, 3.8) is 0 Å². The minimum absolute atomic E-state index is 0.584. The maximum Gasteiger partial charge on any atom is 0.444 e. The minimum atomic E-state index is -1.07. The molecule has 1 N–H and O–H groups in total. The molecule has 1 aliphatic rings. The van der Waals surface area contributed by atoms with Crippen LogP contribution in [0.5, 0.6) is 0 Å². The molecule has 0 aromatic heterocycles. The van der Waals surface area contributed by atoms with Gasteiger partial charge in [-0.25, -0.2) is 9.59 Å². The molecule has 0 amide bonds. The van der Waals surface area contributed by atoms with Crippen molar-refractivity contribution in [2.24, 2.45) is 0 Å². The van der Waals surface area contributed by atoms with Crippen LogP contribution in [0.2, 0.25) is 0 Å². The summed E-state index contributed by atoms with van der Waals surface area (Å²) in [7, 11) is 0. The Morgan fingerprint density at radius 2 is 2.12 bits per heavy atom. The highest BCUT2D eigenvalue weighted by Crippen LogP contribution is 2.17. The van der Waals surface area contributed by atoms with Crippen molar-refractivity contribution in [2.75, 3.05) is 5.17 Å². The first-order valence-corrected chi connectivity index (χ1v) is 4.78. The van der Waals surface area contributed by atoms with E-state index in [0.29, 0.717) is 5.69 Å². The van der Waals surface area contributed by atoms with Gasteiger partial charge in [-0.05, 0) is 29.7 Å². The summed E-state index contributed by atoms with van der Waals surface area (Å²) in [6.45, 7) is 2.01. The Bertz CT molecular complexity index is 433. The lowest BCUT2D eigenvalue weighted by molar-refractivity contribution is -0.192. The highest BCUT2D eigenvalue weighted by Gasteiger charge is 2.29. The average molecular weight is 222 g/mol. The summed E-state index contributed by atoms with van der Waals surface area (Å²) < 4.78 is 0. The van der Waals surface area contributed by atoms with Crippen molar-refractivity contribution < 1.29 is 19.3 Å². The summed E-state index contributed by atoms with van der Waals surface area (Å²) in [6, 6.07) is 7.30. The van der Waals surface area contributed by atoms with Crippen LogP contribution in [-0.2, 0) is 25.7 Å². The molecular formula is C10H10N2O4.